The van der Waals surface area contributed by atoms with Gasteiger partial charge in [0.1, 0.15) is 0 Å². The number of nitrogens with zero attached hydrogens (tertiary/aromatic N) is 2. The molecule has 0 unspecified atom stereocenters. The molecular weight excluding hydrogens is 352 g/mol. The molecule has 1 atom stereocenters. The lowest BCUT2D eigenvalue weighted by atomic mass is 10.1. The smallest absolute Gasteiger partial charge is 0.251 e. The van der Waals surface area contributed by atoms with Crippen molar-refractivity contribution in [3.05, 3.63) is 84.2 Å². The average Bonchev–Trinajstić information content (AvgIpc) is 3.14. The summed E-state index contributed by atoms with van der Waals surface area (Å²) in [5.74, 6) is -0.313. The van der Waals surface area contributed by atoms with Gasteiger partial charge in [-0.25, -0.2) is 13.6 Å². The molecule has 8 heteroatoms. The van der Waals surface area contributed by atoms with Crippen molar-refractivity contribution in [2.75, 3.05) is 0 Å². The average molecular weight is 370 g/mol. The molecule has 0 aliphatic rings. The fourth-order valence-electron chi connectivity index (χ4n) is 2.55. The number of carbonyl (C=O) groups excluding carboxylic acids is 1. The molecule has 0 bridgehead atoms. The van der Waals surface area contributed by atoms with Gasteiger partial charge in [0, 0.05) is 18.0 Å². The van der Waals surface area contributed by atoms with Gasteiger partial charge < -0.3 is 5.32 Å². The standard InChI is InChI=1S/C18H18N4O3S/c19-26(24,25)16-9-7-15(8-10-16)18(23)21-17(13-22-12-4-11-20-22)14-5-2-1-3-6-14/h1-12,17H,13H2,(H,21,23)(H2,19,24,25)/t17-/m0/s1. The third-order valence-corrected chi connectivity index (χ3v) is 4.81. The van der Waals surface area contributed by atoms with Crippen molar-refractivity contribution < 1.29 is 13.2 Å². The summed E-state index contributed by atoms with van der Waals surface area (Å²) in [6.07, 6.45) is 3.50. The Bertz CT molecular complexity index is 969. The highest BCUT2D eigenvalue weighted by Gasteiger charge is 2.17. The second-order valence-electron chi connectivity index (χ2n) is 5.73. The number of aromatic nitrogens is 2. The molecule has 0 radical (unpaired) electrons. The first-order valence-corrected chi connectivity index (χ1v) is 9.44. The van der Waals surface area contributed by atoms with E-state index in [0.29, 0.717) is 12.1 Å². The van der Waals surface area contributed by atoms with Gasteiger partial charge in [0.15, 0.2) is 0 Å². The lowest BCUT2D eigenvalue weighted by molar-refractivity contribution is 0.0931. The van der Waals surface area contributed by atoms with Gasteiger partial charge in [-0.3, -0.25) is 9.48 Å². The molecule has 0 saturated carbocycles. The quantitative estimate of drug-likeness (QED) is 0.688. The van der Waals surface area contributed by atoms with Crippen molar-refractivity contribution >= 4 is 15.9 Å². The Kier molecular flexibility index (Phi) is 5.15. The van der Waals surface area contributed by atoms with E-state index in [-0.39, 0.29) is 16.8 Å². The zero-order valence-corrected chi connectivity index (χ0v) is 14.6. The molecule has 1 aromatic heterocycles. The summed E-state index contributed by atoms with van der Waals surface area (Å²) in [7, 11) is -3.79. The van der Waals surface area contributed by atoms with E-state index in [1.807, 2.05) is 42.6 Å². The van der Waals surface area contributed by atoms with Crippen LogP contribution in [0, 0.1) is 0 Å². The minimum Gasteiger partial charge on any atom is -0.343 e. The van der Waals surface area contributed by atoms with Crippen LogP contribution in [0.15, 0.2) is 78.0 Å². The van der Waals surface area contributed by atoms with Crippen molar-refractivity contribution in [3.8, 4) is 0 Å². The van der Waals surface area contributed by atoms with E-state index in [2.05, 4.69) is 10.4 Å². The van der Waals surface area contributed by atoms with Gasteiger partial charge in [0.25, 0.3) is 5.91 Å². The number of nitrogens with one attached hydrogen (secondary N) is 1. The van der Waals surface area contributed by atoms with Crippen LogP contribution in [0.4, 0.5) is 0 Å². The largest absolute Gasteiger partial charge is 0.343 e. The molecule has 134 valence electrons. The second kappa shape index (κ2) is 7.51. The molecule has 3 aromatic rings. The Morgan fingerprint density at radius 2 is 1.77 bits per heavy atom. The van der Waals surface area contributed by atoms with E-state index in [4.69, 9.17) is 5.14 Å². The summed E-state index contributed by atoms with van der Waals surface area (Å²) < 4.78 is 24.4. The van der Waals surface area contributed by atoms with Gasteiger partial charge in [0.05, 0.1) is 17.5 Å². The number of hydrogen-bond donors (Lipinski definition) is 2. The van der Waals surface area contributed by atoms with Crippen LogP contribution in [0.3, 0.4) is 0 Å². The first kappa shape index (κ1) is 17.8. The van der Waals surface area contributed by atoms with Crippen LogP contribution in [0.5, 0.6) is 0 Å². The highest BCUT2D eigenvalue weighted by molar-refractivity contribution is 7.89. The van der Waals surface area contributed by atoms with E-state index in [1.165, 1.54) is 24.3 Å². The normalized spacial score (nSPS) is 12.5. The molecular formula is C18H18N4O3S. The van der Waals surface area contributed by atoms with Crippen LogP contribution in [0.1, 0.15) is 22.0 Å². The predicted octanol–water partition coefficient (Wildman–Crippen LogP) is 1.70. The molecule has 2 aromatic carbocycles. The summed E-state index contributed by atoms with van der Waals surface area (Å²) in [6.45, 7) is 0.470. The first-order valence-electron chi connectivity index (χ1n) is 7.89. The van der Waals surface area contributed by atoms with E-state index < -0.39 is 10.0 Å². The van der Waals surface area contributed by atoms with Gasteiger partial charge in [-0.15, -0.1) is 0 Å². The second-order valence-corrected chi connectivity index (χ2v) is 7.30. The third kappa shape index (κ3) is 4.35. The van der Waals surface area contributed by atoms with Crippen molar-refractivity contribution in [2.24, 2.45) is 5.14 Å². The fraction of sp³-hybridized carbons (Fsp3) is 0.111. The number of primary sulfonamides is 1. The Balaban J connectivity index is 1.81. The lowest BCUT2D eigenvalue weighted by Crippen LogP contribution is -2.31. The number of hydrogen-bond acceptors (Lipinski definition) is 4. The predicted molar refractivity (Wildman–Crippen MR) is 96.7 cm³/mol. The Labute approximate surface area is 151 Å². The number of nitrogens with two attached hydrogens (primary N) is 1. The Morgan fingerprint density at radius 3 is 2.35 bits per heavy atom. The minimum atomic E-state index is -3.79. The van der Waals surface area contributed by atoms with Crippen molar-refractivity contribution in [1.82, 2.24) is 15.1 Å². The topological polar surface area (TPSA) is 107 Å². The third-order valence-electron chi connectivity index (χ3n) is 3.88. The van der Waals surface area contributed by atoms with Crippen molar-refractivity contribution in [3.63, 3.8) is 0 Å². The van der Waals surface area contributed by atoms with Crippen LogP contribution < -0.4 is 10.5 Å². The van der Waals surface area contributed by atoms with Gasteiger partial charge in [-0.05, 0) is 35.9 Å². The van der Waals surface area contributed by atoms with Gasteiger partial charge >= 0.3 is 0 Å². The van der Waals surface area contributed by atoms with Crippen LogP contribution in [-0.2, 0) is 16.6 Å². The molecule has 0 fully saturated rings. The van der Waals surface area contributed by atoms with E-state index in [9.17, 15) is 13.2 Å². The molecule has 3 rings (SSSR count). The molecule has 0 aliphatic carbocycles. The van der Waals surface area contributed by atoms with E-state index in [1.54, 1.807) is 10.9 Å². The SMILES string of the molecule is NS(=O)(=O)c1ccc(C(=O)N[C@@H](Cn2cccn2)c2ccccc2)cc1. The molecule has 26 heavy (non-hydrogen) atoms. The van der Waals surface area contributed by atoms with Gasteiger partial charge in [0.2, 0.25) is 10.0 Å². The molecule has 0 aliphatic heterocycles. The van der Waals surface area contributed by atoms with E-state index >= 15 is 0 Å². The van der Waals surface area contributed by atoms with E-state index in [0.717, 1.165) is 5.56 Å². The van der Waals surface area contributed by atoms with Crippen LogP contribution in [-0.4, -0.2) is 24.1 Å². The highest BCUT2D eigenvalue weighted by atomic mass is 32.2. The van der Waals surface area contributed by atoms with Crippen molar-refractivity contribution in [2.45, 2.75) is 17.5 Å². The summed E-state index contributed by atoms with van der Waals surface area (Å²) in [5.41, 5.74) is 1.29. The van der Waals surface area contributed by atoms with Crippen LogP contribution >= 0.6 is 0 Å². The molecule has 7 nitrogen and oxygen atoms in total. The summed E-state index contributed by atoms with van der Waals surface area (Å²) in [6, 6.07) is 16.6. The monoisotopic (exact) mass is 370 g/mol. The lowest BCUT2D eigenvalue weighted by Gasteiger charge is -2.19. The summed E-state index contributed by atoms with van der Waals surface area (Å²) in [5, 5.41) is 12.2. The fourth-order valence-corrected chi connectivity index (χ4v) is 3.07. The maximum absolute atomic E-state index is 12.6. The molecule has 1 heterocycles. The molecule has 1 amide bonds. The Morgan fingerprint density at radius 1 is 1.08 bits per heavy atom. The number of sulfonamides is 1. The zero-order valence-electron chi connectivity index (χ0n) is 13.8. The molecule has 0 spiro atoms. The zero-order chi connectivity index (χ0) is 18.6. The Hall–Kier alpha value is -2.97. The van der Waals surface area contributed by atoms with Gasteiger partial charge in [-0.2, -0.15) is 5.10 Å². The molecule has 0 saturated heterocycles. The number of carbonyl (C=O) groups is 1. The van der Waals surface area contributed by atoms with Crippen LogP contribution in [0.2, 0.25) is 0 Å². The first-order chi connectivity index (χ1) is 12.4. The number of benzene rings is 2. The number of rotatable bonds is 6. The minimum absolute atomic E-state index is 0.0369. The van der Waals surface area contributed by atoms with Crippen molar-refractivity contribution in [1.29, 1.82) is 0 Å². The molecule has 3 N–H and O–H groups in total. The summed E-state index contributed by atoms with van der Waals surface area (Å²) in [4.78, 5) is 12.6. The maximum atomic E-state index is 12.6. The highest BCUT2D eigenvalue weighted by Crippen LogP contribution is 2.16. The summed E-state index contributed by atoms with van der Waals surface area (Å²) >= 11 is 0. The van der Waals surface area contributed by atoms with Crippen LogP contribution in [0.25, 0.3) is 0 Å². The maximum Gasteiger partial charge on any atom is 0.251 e. The van der Waals surface area contributed by atoms with Gasteiger partial charge in [-0.1, -0.05) is 30.3 Å². The number of amides is 1.